The van der Waals surface area contributed by atoms with Gasteiger partial charge >= 0.3 is 6.03 Å². The van der Waals surface area contributed by atoms with Crippen LogP contribution in [0.1, 0.15) is 30.9 Å². The molecule has 4 rings (SSSR count). The van der Waals surface area contributed by atoms with Gasteiger partial charge in [0, 0.05) is 17.3 Å². The summed E-state index contributed by atoms with van der Waals surface area (Å²) in [6.45, 7) is 4.04. The summed E-state index contributed by atoms with van der Waals surface area (Å²) in [5.41, 5.74) is 3.23. The zero-order chi connectivity index (χ0) is 21.1. The summed E-state index contributed by atoms with van der Waals surface area (Å²) in [5, 5.41) is 19.0. The molecule has 1 aliphatic carbocycles. The van der Waals surface area contributed by atoms with E-state index in [4.69, 9.17) is 14.6 Å². The zero-order valence-electron chi connectivity index (χ0n) is 17.0. The van der Waals surface area contributed by atoms with E-state index in [0.29, 0.717) is 28.9 Å². The molecule has 9 heteroatoms. The molecule has 0 atom stereocenters. The van der Waals surface area contributed by atoms with Gasteiger partial charge in [0.25, 0.3) is 0 Å². The van der Waals surface area contributed by atoms with E-state index < -0.39 is 0 Å². The number of aliphatic hydroxyl groups is 1. The van der Waals surface area contributed by atoms with Crippen LogP contribution in [0.3, 0.4) is 0 Å². The first kappa shape index (κ1) is 20.0. The van der Waals surface area contributed by atoms with Gasteiger partial charge in [-0.2, -0.15) is 10.1 Å². The Morgan fingerprint density at radius 1 is 1.37 bits per heavy atom. The van der Waals surface area contributed by atoms with E-state index in [2.05, 4.69) is 20.7 Å². The van der Waals surface area contributed by atoms with Gasteiger partial charge in [-0.1, -0.05) is 6.92 Å². The maximum Gasteiger partial charge on any atom is 0.319 e. The fraction of sp³-hybridized carbons (Fsp3) is 0.381. The molecular weight excluding hydrogens is 386 g/mol. The monoisotopic (exact) mass is 411 g/mol. The van der Waals surface area contributed by atoms with Crippen LogP contribution in [0.25, 0.3) is 5.52 Å². The highest BCUT2D eigenvalue weighted by Crippen LogP contribution is 2.33. The number of rotatable bonds is 8. The van der Waals surface area contributed by atoms with Gasteiger partial charge in [0.1, 0.15) is 29.9 Å². The number of hydrogen-bond acceptors (Lipinski definition) is 6. The van der Waals surface area contributed by atoms with Gasteiger partial charge in [-0.15, -0.1) is 0 Å². The number of nitrogens with one attached hydrogen (secondary N) is 2. The molecule has 1 aliphatic rings. The van der Waals surface area contributed by atoms with Crippen molar-refractivity contribution in [3.05, 3.63) is 41.9 Å². The maximum atomic E-state index is 12.1. The van der Waals surface area contributed by atoms with Crippen LogP contribution in [0.15, 0.2) is 30.7 Å². The number of amides is 2. The molecule has 1 aromatic carbocycles. The lowest BCUT2D eigenvalue weighted by atomic mass is 10.1. The van der Waals surface area contributed by atoms with Crippen LogP contribution in [0.5, 0.6) is 17.4 Å². The Morgan fingerprint density at radius 3 is 2.93 bits per heavy atom. The predicted molar refractivity (Wildman–Crippen MR) is 111 cm³/mol. The van der Waals surface area contributed by atoms with Crippen molar-refractivity contribution >= 4 is 17.2 Å². The second kappa shape index (κ2) is 8.58. The molecule has 0 bridgehead atoms. The van der Waals surface area contributed by atoms with Crippen molar-refractivity contribution in [2.75, 3.05) is 18.5 Å². The van der Waals surface area contributed by atoms with Gasteiger partial charge in [0.05, 0.1) is 12.8 Å². The van der Waals surface area contributed by atoms with Crippen molar-refractivity contribution in [1.29, 1.82) is 0 Å². The summed E-state index contributed by atoms with van der Waals surface area (Å²) in [6.07, 6.45) is 5.97. The molecule has 0 unspecified atom stereocenters. The smallest absolute Gasteiger partial charge is 0.319 e. The lowest BCUT2D eigenvalue weighted by Crippen LogP contribution is -2.30. The molecule has 1 saturated carbocycles. The van der Waals surface area contributed by atoms with Crippen LogP contribution in [-0.2, 0) is 6.42 Å². The zero-order valence-corrected chi connectivity index (χ0v) is 17.0. The summed E-state index contributed by atoms with van der Waals surface area (Å²) in [7, 11) is 0. The molecule has 0 spiro atoms. The van der Waals surface area contributed by atoms with Gasteiger partial charge in [-0.05, 0) is 49.9 Å². The molecular formula is C21H25N5O4. The fourth-order valence-electron chi connectivity index (χ4n) is 3.21. The van der Waals surface area contributed by atoms with Crippen LogP contribution in [0.4, 0.5) is 10.5 Å². The number of carbonyl (C=O) groups excluding carboxylic acids is 1. The highest BCUT2D eigenvalue weighted by atomic mass is 16.5. The normalized spacial score (nSPS) is 13.3. The average Bonchev–Trinajstić information content (AvgIpc) is 3.49. The van der Waals surface area contributed by atoms with Gasteiger partial charge < -0.3 is 25.2 Å². The van der Waals surface area contributed by atoms with E-state index in [0.717, 1.165) is 36.1 Å². The number of aliphatic hydroxyl groups excluding tert-OH is 1. The largest absolute Gasteiger partial charge is 0.489 e. The van der Waals surface area contributed by atoms with E-state index in [9.17, 15) is 4.79 Å². The van der Waals surface area contributed by atoms with Crippen molar-refractivity contribution < 1.29 is 19.4 Å². The van der Waals surface area contributed by atoms with Gasteiger partial charge in [-0.3, -0.25) is 0 Å². The van der Waals surface area contributed by atoms with E-state index in [1.807, 2.05) is 26.0 Å². The Balaban J connectivity index is 1.56. The molecule has 3 N–H and O–H groups in total. The SMILES string of the molecule is CCc1cc(Oc2ncnn3cc(OCCO)c(C)c23)ccc1NC(=O)NC1CC1. The van der Waals surface area contributed by atoms with Crippen molar-refractivity contribution in [3.8, 4) is 17.4 Å². The van der Waals surface area contributed by atoms with Gasteiger partial charge in [0.2, 0.25) is 5.88 Å². The van der Waals surface area contributed by atoms with E-state index >= 15 is 0 Å². The van der Waals surface area contributed by atoms with Crippen LogP contribution in [-0.4, -0.2) is 45.0 Å². The predicted octanol–water partition coefficient (Wildman–Crippen LogP) is 3.05. The summed E-state index contributed by atoms with van der Waals surface area (Å²) in [4.78, 5) is 16.4. The summed E-state index contributed by atoms with van der Waals surface area (Å²) in [6, 6.07) is 5.64. The van der Waals surface area contributed by atoms with Crippen molar-refractivity contribution in [1.82, 2.24) is 19.9 Å². The maximum absolute atomic E-state index is 12.1. The summed E-state index contributed by atoms with van der Waals surface area (Å²) >= 11 is 0. The molecule has 1 fully saturated rings. The standard InChI is InChI=1S/C21H25N5O4/c1-3-14-10-16(6-7-17(14)25-21(28)24-15-4-5-15)30-20-19-13(2)18(29-9-8-27)11-26(19)23-12-22-20/h6-7,10-12,15,27H,3-5,8-9H2,1-2H3,(H2,24,25,28). The number of carbonyl (C=O) groups is 1. The molecule has 2 amide bonds. The van der Waals surface area contributed by atoms with Crippen molar-refractivity contribution in [2.24, 2.45) is 0 Å². The number of hydrogen-bond donors (Lipinski definition) is 3. The molecule has 158 valence electrons. The molecule has 0 radical (unpaired) electrons. The fourth-order valence-corrected chi connectivity index (χ4v) is 3.21. The number of anilines is 1. The van der Waals surface area contributed by atoms with Crippen molar-refractivity contribution in [3.63, 3.8) is 0 Å². The molecule has 30 heavy (non-hydrogen) atoms. The minimum atomic E-state index is -0.183. The molecule has 2 aromatic heterocycles. The van der Waals surface area contributed by atoms with Crippen LogP contribution in [0.2, 0.25) is 0 Å². The number of aromatic nitrogens is 3. The number of benzene rings is 1. The highest BCUT2D eigenvalue weighted by molar-refractivity contribution is 5.90. The molecule has 2 heterocycles. The number of nitrogens with zero attached hydrogens (tertiary/aromatic N) is 3. The molecule has 3 aromatic rings. The van der Waals surface area contributed by atoms with E-state index in [1.165, 1.54) is 6.33 Å². The molecule has 0 saturated heterocycles. The molecule has 0 aliphatic heterocycles. The Kier molecular flexibility index (Phi) is 5.71. The van der Waals surface area contributed by atoms with Crippen molar-refractivity contribution in [2.45, 2.75) is 39.2 Å². The highest BCUT2D eigenvalue weighted by Gasteiger charge is 2.23. The number of ether oxygens (including phenoxy) is 2. The quantitative estimate of drug-likeness (QED) is 0.526. The average molecular weight is 411 g/mol. The Morgan fingerprint density at radius 2 is 2.20 bits per heavy atom. The third-order valence-electron chi connectivity index (χ3n) is 4.93. The number of urea groups is 1. The second-order valence-electron chi connectivity index (χ2n) is 7.20. The Bertz CT molecular complexity index is 1060. The first-order chi connectivity index (χ1) is 14.6. The summed E-state index contributed by atoms with van der Waals surface area (Å²) in [5.74, 6) is 1.62. The van der Waals surface area contributed by atoms with Crippen LogP contribution >= 0.6 is 0 Å². The van der Waals surface area contributed by atoms with E-state index in [1.54, 1.807) is 16.8 Å². The second-order valence-corrected chi connectivity index (χ2v) is 7.20. The third kappa shape index (κ3) is 4.30. The number of fused-ring (bicyclic) bond motifs is 1. The lowest BCUT2D eigenvalue weighted by Gasteiger charge is -2.13. The first-order valence-corrected chi connectivity index (χ1v) is 10.0. The lowest BCUT2D eigenvalue weighted by molar-refractivity contribution is 0.201. The van der Waals surface area contributed by atoms with Gasteiger partial charge in [-0.25, -0.2) is 9.31 Å². The Labute approximate surface area is 174 Å². The first-order valence-electron chi connectivity index (χ1n) is 10.0. The van der Waals surface area contributed by atoms with Crippen LogP contribution < -0.4 is 20.1 Å². The topological polar surface area (TPSA) is 110 Å². The van der Waals surface area contributed by atoms with Crippen LogP contribution in [0, 0.1) is 6.92 Å². The Hall–Kier alpha value is -3.33. The summed E-state index contributed by atoms with van der Waals surface area (Å²) < 4.78 is 13.3. The minimum Gasteiger partial charge on any atom is -0.489 e. The molecule has 9 nitrogen and oxygen atoms in total. The van der Waals surface area contributed by atoms with Gasteiger partial charge in [0.15, 0.2) is 0 Å². The minimum absolute atomic E-state index is 0.0699. The number of aryl methyl sites for hydroxylation is 2. The third-order valence-corrected chi connectivity index (χ3v) is 4.93. The van der Waals surface area contributed by atoms with E-state index in [-0.39, 0.29) is 19.2 Å².